The number of hydrogen-bond donors (Lipinski definition) is 21. The van der Waals surface area contributed by atoms with Crippen LogP contribution < -0.4 is 90.2 Å². The van der Waals surface area contributed by atoms with Crippen LogP contribution in [0.2, 0.25) is 0 Å². The van der Waals surface area contributed by atoms with E-state index >= 15 is 0 Å². The van der Waals surface area contributed by atoms with Crippen LogP contribution in [0.15, 0.2) is 114 Å². The fourth-order valence-electron chi connectivity index (χ4n) is 6.72. The number of carbonyl (C=O) groups excluding carboxylic acids is 1. The number of rotatable bonds is 27. The molecule has 1 amide bonds. The lowest BCUT2D eigenvalue weighted by atomic mass is 10.4. The molecule has 50 heteroatoms. The summed E-state index contributed by atoms with van der Waals surface area (Å²) in [6, 6.07) is 5.72. The van der Waals surface area contributed by atoms with Crippen molar-refractivity contribution in [3.05, 3.63) is 104 Å². The van der Waals surface area contributed by atoms with Gasteiger partial charge in [-0.15, -0.1) is 0 Å². The smallest absolute Gasteiger partial charge is 0.413 e. The Morgan fingerprint density at radius 1 is 0.614 bits per heavy atom. The number of ether oxygens (including phenoxy) is 1. The normalized spacial score (nSPS) is 20.2. The van der Waals surface area contributed by atoms with Gasteiger partial charge in [-0.3, -0.25) is 49.6 Å². The highest BCUT2D eigenvalue weighted by atomic mass is 31.3. The first-order chi connectivity index (χ1) is 48.5. The van der Waals surface area contributed by atoms with Crippen LogP contribution in [0, 0.1) is 13.8 Å². The molecule has 3 aliphatic rings. The van der Waals surface area contributed by atoms with Gasteiger partial charge >= 0.3 is 13.8 Å². The van der Waals surface area contributed by atoms with Crippen molar-refractivity contribution in [2.75, 3.05) is 133 Å². The zero-order chi connectivity index (χ0) is 76.7. The van der Waals surface area contributed by atoms with Crippen LogP contribution in [0.25, 0.3) is 0 Å². The largest absolute Gasteiger partial charge is 0.453 e. The molecule has 0 aromatic carbocycles. The van der Waals surface area contributed by atoms with E-state index in [0.29, 0.717) is 30.6 Å². The van der Waals surface area contributed by atoms with E-state index in [0.717, 1.165) is 25.8 Å². The number of methoxy groups -OCH3 is 1. The van der Waals surface area contributed by atoms with E-state index < -0.39 is 78.5 Å². The SMILES string of the molecule is C=C(NC)Nc1nc(CC)nc(NC(=O)OC)n1.CC.CC.CCNP1(NCN)=NP(NC)(NCN)=NP(NCN)(NCN)=N1.CCOP1(OCO)=NP(NC)(OCO)=NP(NCO)(OCO)=N1.CN1CNCNC1.Cc1cnc(C)n1C.Cn1ccnc1.Cn1ccnc1.c1ccncc1. The van der Waals surface area contributed by atoms with Crippen LogP contribution >= 0.6 is 45.3 Å². The summed E-state index contributed by atoms with van der Waals surface area (Å²) in [5, 5.41) is 75.2. The lowest BCUT2D eigenvalue weighted by Gasteiger charge is -2.36. The molecule has 25 N–H and O–H groups in total. The Bertz CT molecular complexity index is 3020. The van der Waals surface area contributed by atoms with E-state index in [1.54, 1.807) is 58.5 Å². The zero-order valence-electron chi connectivity index (χ0n) is 61.4. The van der Waals surface area contributed by atoms with Crippen molar-refractivity contribution in [2.24, 2.45) is 71.2 Å². The average Bonchev–Trinajstić information content (AvgIpc) is 1.40. The third kappa shape index (κ3) is 39.5. The molecule has 44 nitrogen and oxygen atoms in total. The van der Waals surface area contributed by atoms with Crippen LogP contribution in [0.1, 0.15) is 65.8 Å². The van der Waals surface area contributed by atoms with Gasteiger partial charge in [0.2, 0.25) is 34.4 Å². The molecule has 1 fully saturated rings. The van der Waals surface area contributed by atoms with Crippen LogP contribution in [0.3, 0.4) is 0 Å². The molecule has 5 aromatic rings. The fourth-order valence-corrected chi connectivity index (χ4v) is 27.0. The zero-order valence-corrected chi connectivity index (χ0v) is 66.7. The molecule has 1 saturated heterocycles. The second-order valence-corrected chi connectivity index (χ2v) is 33.3. The minimum absolute atomic E-state index is 0.125. The van der Waals surface area contributed by atoms with Crippen molar-refractivity contribution in [3.63, 3.8) is 0 Å². The molecule has 582 valence electrons. The molecule has 5 aromatic heterocycles. The molecule has 8 rings (SSSR count). The molecule has 101 heavy (non-hydrogen) atoms. The fraction of sp³-hybridized carbons (Fsp3) is 0.608. The Morgan fingerprint density at radius 2 is 1.12 bits per heavy atom. The molecule has 0 bridgehead atoms. The molecule has 0 spiro atoms. The molecular weight excluding hydrogens is 1430 g/mol. The number of nitrogens with one attached hydrogen (secondary N) is 13. The van der Waals surface area contributed by atoms with Gasteiger partial charge in [0.15, 0.2) is 20.4 Å². The van der Waals surface area contributed by atoms with Gasteiger partial charge in [0.1, 0.15) is 18.4 Å². The first kappa shape index (κ1) is 97.9. The Kier molecular flexibility index (Phi) is 55.5. The summed E-state index contributed by atoms with van der Waals surface area (Å²) in [5.74, 6) is 2.57. The predicted molar refractivity (Wildman–Crippen MR) is 405 cm³/mol. The summed E-state index contributed by atoms with van der Waals surface area (Å²) in [7, 11) is -3.54. The van der Waals surface area contributed by atoms with E-state index in [1.165, 1.54) is 19.9 Å². The number of amides is 1. The Hall–Kier alpha value is -5.14. The number of pyridine rings is 1. The van der Waals surface area contributed by atoms with Gasteiger partial charge in [0, 0.05) is 110 Å². The number of carbonyl (C=O) groups is 1. The third-order valence-corrected chi connectivity index (χ3v) is 30.2. The van der Waals surface area contributed by atoms with Crippen molar-refractivity contribution < 1.29 is 48.1 Å². The van der Waals surface area contributed by atoms with Crippen molar-refractivity contribution in [1.82, 2.24) is 110 Å². The number of anilines is 2. The number of aromatic nitrogens is 10. The van der Waals surface area contributed by atoms with E-state index in [4.69, 9.17) is 69.9 Å². The topological polar surface area (TPSA) is 587 Å². The first-order valence-electron chi connectivity index (χ1n) is 31.5. The van der Waals surface area contributed by atoms with Crippen molar-refractivity contribution in [1.29, 1.82) is 0 Å². The monoisotopic (exact) mass is 1550 g/mol. The number of hydrogen-bond acceptors (Lipinski definition) is 40. The standard InChI is InChI=1S/C10H16N6O2.C7H30N13P3.C7H22N5O8P3.C6H10N2.C5H5N.C4H11N3.2C4H6N2.2C2H6/c1-5-7-13-8(12-6(2)11-3)15-9(14-7)16-10(17)18-4;1-3-13-22(15-5-9)18-21(12-2,14-4-8)19-23(20-22,16-6-10)17-7-11;1-3-17-23(20-7-16)11-21(8-2,18-5-14)10-22(12-23,9-4-13)19-6-15;1-5-4-7-6(2)8(5)3;1-2-4-6-5-3-1;1-7-3-5-2-6-4-7;2*1-6-3-2-5-4-6;2*1-2/h11H,2,5H2,1,3-4H3,(H2,12,13,14,15,16,17);12-17H,3-11H2,1-2H3;8-9,13-16H,3-7H2,1-2H3;4H,1-3H3;1-5H;5-6H,2-4H2,1H3;2*2-4H,1H3;2*1-2H3. The summed E-state index contributed by atoms with van der Waals surface area (Å²) >= 11 is 0. The Balaban J connectivity index is 0. The third-order valence-electron chi connectivity index (χ3n) is 11.3. The summed E-state index contributed by atoms with van der Waals surface area (Å²) < 4.78 is 58.5. The maximum absolute atomic E-state index is 11.1. The van der Waals surface area contributed by atoms with Gasteiger partial charge < -0.3 is 77.0 Å². The van der Waals surface area contributed by atoms with Gasteiger partial charge in [0.25, 0.3) is 15.2 Å². The quantitative estimate of drug-likeness (QED) is 0.0261. The molecule has 8 heterocycles. The number of imidazole rings is 3. The van der Waals surface area contributed by atoms with Gasteiger partial charge in [-0.1, -0.05) is 54.2 Å². The molecule has 0 saturated carbocycles. The second-order valence-electron chi connectivity index (χ2n) is 18.4. The lowest BCUT2D eigenvalue weighted by molar-refractivity contribution is 0.0876. The van der Waals surface area contributed by atoms with Crippen LogP contribution in [-0.4, -0.2) is 202 Å². The number of aliphatic hydroxyl groups is 4. The molecule has 0 radical (unpaired) electrons. The number of aliphatic hydroxyl groups excluding tert-OH is 4. The first-order valence-corrected chi connectivity index (χ1v) is 41.3. The van der Waals surface area contributed by atoms with Crippen molar-refractivity contribution in [3.8, 4) is 0 Å². The average molecular weight is 1550 g/mol. The lowest BCUT2D eigenvalue weighted by Crippen LogP contribution is -2.48. The van der Waals surface area contributed by atoms with Crippen LogP contribution in [0.5, 0.6) is 0 Å². The van der Waals surface area contributed by atoms with E-state index in [-0.39, 0.29) is 39.2 Å². The molecule has 0 aliphatic carbocycles. The minimum atomic E-state index is -3.44. The van der Waals surface area contributed by atoms with Crippen LogP contribution in [0.4, 0.5) is 16.7 Å². The van der Waals surface area contributed by atoms with E-state index in [9.17, 15) is 9.90 Å². The van der Waals surface area contributed by atoms with Gasteiger partial charge in [-0.25, -0.2) is 50.3 Å². The van der Waals surface area contributed by atoms with Crippen molar-refractivity contribution >= 4 is 63.3 Å². The molecule has 5 unspecified atom stereocenters. The van der Waals surface area contributed by atoms with Gasteiger partial charge in [-0.05, 0) is 54.0 Å². The number of nitrogens with two attached hydrogens (primary N) is 4. The maximum atomic E-state index is 11.1. The minimum Gasteiger partial charge on any atom is -0.453 e. The number of aryl methyl sites for hydroxylation is 5. The maximum Gasteiger partial charge on any atom is 0.413 e. The predicted octanol–water partition coefficient (Wildman–Crippen LogP) is 3.93. The van der Waals surface area contributed by atoms with Crippen molar-refractivity contribution in [2.45, 2.75) is 68.7 Å². The van der Waals surface area contributed by atoms with E-state index in [2.05, 4.69) is 144 Å². The van der Waals surface area contributed by atoms with Gasteiger partial charge in [0.05, 0.1) is 58.9 Å². The van der Waals surface area contributed by atoms with E-state index in [1.807, 2.05) is 122 Å². The number of nitrogens with zero attached hydrogens (tertiary/aromatic N) is 17. The van der Waals surface area contributed by atoms with Gasteiger partial charge in [-0.2, -0.15) is 42.0 Å². The van der Waals surface area contributed by atoms with Crippen LogP contribution in [-0.2, 0) is 50.4 Å². The summed E-state index contributed by atoms with van der Waals surface area (Å²) in [5.41, 5.74) is 24.0. The Morgan fingerprint density at radius 3 is 1.46 bits per heavy atom. The highest BCUT2D eigenvalue weighted by molar-refractivity contribution is 7.83. The molecule has 5 atom stereocenters. The highest BCUT2D eigenvalue weighted by Crippen LogP contribution is 2.77. The second kappa shape index (κ2) is 57.2. The molecule has 3 aliphatic heterocycles. The highest BCUT2D eigenvalue weighted by Gasteiger charge is 2.41. The Labute approximate surface area is 595 Å². The summed E-state index contributed by atoms with van der Waals surface area (Å²) in [6.07, 6.45) is 16.1. The molecular formula is C51H118N34O10P6. The summed E-state index contributed by atoms with van der Waals surface area (Å²) in [4.78, 5) is 40.9. The summed E-state index contributed by atoms with van der Waals surface area (Å²) in [6.45, 7) is 23.0.